The maximum atomic E-state index is 6.42. The molecule has 162 valence electrons. The van der Waals surface area contributed by atoms with Crippen LogP contribution in [-0.4, -0.2) is 0 Å². The Labute approximate surface area is 199 Å². The van der Waals surface area contributed by atoms with Crippen LogP contribution in [0.25, 0.3) is 44.2 Å². The van der Waals surface area contributed by atoms with Crippen LogP contribution in [-0.2, 0) is 10.8 Å². The van der Waals surface area contributed by atoms with Crippen LogP contribution in [0.2, 0.25) is 5.02 Å². The van der Waals surface area contributed by atoms with Crippen LogP contribution in [0.4, 0.5) is 0 Å². The second-order valence-corrected chi connectivity index (χ2v) is 11.2. The second kappa shape index (κ2) is 5.90. The molecule has 0 fully saturated rings. The van der Waals surface area contributed by atoms with Gasteiger partial charge in [-0.15, -0.1) is 0 Å². The third-order valence-corrected chi connectivity index (χ3v) is 8.46. The number of furan rings is 1. The van der Waals surface area contributed by atoms with Crippen LogP contribution in [0.3, 0.4) is 0 Å². The number of hydrogen-bond donors (Lipinski definition) is 0. The quantitative estimate of drug-likeness (QED) is 0.230. The van der Waals surface area contributed by atoms with Crippen molar-refractivity contribution in [2.75, 3.05) is 0 Å². The summed E-state index contributed by atoms with van der Waals surface area (Å²) in [4.78, 5) is 0. The van der Waals surface area contributed by atoms with E-state index in [9.17, 15) is 0 Å². The Morgan fingerprint density at radius 3 is 2.18 bits per heavy atom. The van der Waals surface area contributed by atoms with Crippen LogP contribution in [0.15, 0.2) is 65.1 Å². The number of aryl methyl sites for hydroxylation is 1. The summed E-state index contributed by atoms with van der Waals surface area (Å²) in [7, 11) is 0. The van der Waals surface area contributed by atoms with Gasteiger partial charge in [0.1, 0.15) is 11.2 Å². The molecule has 2 aliphatic carbocycles. The first-order valence-electron chi connectivity index (χ1n) is 11.6. The number of benzene rings is 4. The summed E-state index contributed by atoms with van der Waals surface area (Å²) in [5, 5.41) is 3.25. The van der Waals surface area contributed by atoms with Crippen LogP contribution in [0.5, 0.6) is 0 Å². The van der Waals surface area contributed by atoms with Crippen molar-refractivity contribution in [3.8, 4) is 22.3 Å². The maximum absolute atomic E-state index is 6.42. The van der Waals surface area contributed by atoms with Gasteiger partial charge in [-0.25, -0.2) is 0 Å². The van der Waals surface area contributed by atoms with Gasteiger partial charge < -0.3 is 4.42 Å². The van der Waals surface area contributed by atoms with Crippen molar-refractivity contribution in [2.24, 2.45) is 0 Å². The van der Waals surface area contributed by atoms with Gasteiger partial charge in [-0.1, -0.05) is 69.6 Å². The van der Waals surface area contributed by atoms with Crippen molar-refractivity contribution in [3.63, 3.8) is 0 Å². The standard InChI is InChI=1S/C31H25ClO/c1-16-12-25-27(28-19-8-6-7-9-26(19)33-29(16)28)21-15-23-20(14-24(21)31(25,4)5)18-11-10-17(32)13-22(18)30(23,2)3/h6-15H,1-5H3. The summed E-state index contributed by atoms with van der Waals surface area (Å²) in [5.74, 6) is 0. The Morgan fingerprint density at radius 2 is 1.36 bits per heavy atom. The van der Waals surface area contributed by atoms with Crippen molar-refractivity contribution in [2.45, 2.75) is 45.4 Å². The molecular weight excluding hydrogens is 424 g/mol. The molecule has 0 unspecified atom stereocenters. The van der Waals surface area contributed by atoms with Gasteiger partial charge in [0.2, 0.25) is 0 Å². The van der Waals surface area contributed by atoms with Gasteiger partial charge in [0.05, 0.1) is 0 Å². The summed E-state index contributed by atoms with van der Waals surface area (Å²) in [6.45, 7) is 11.5. The molecule has 1 heterocycles. The minimum absolute atomic E-state index is 0.0870. The first-order chi connectivity index (χ1) is 15.7. The van der Waals surface area contributed by atoms with E-state index in [0.29, 0.717) is 0 Å². The summed E-state index contributed by atoms with van der Waals surface area (Å²) in [6, 6.07) is 22.1. The summed E-state index contributed by atoms with van der Waals surface area (Å²) < 4.78 is 6.37. The monoisotopic (exact) mass is 448 g/mol. The second-order valence-electron chi connectivity index (χ2n) is 10.8. The Balaban J connectivity index is 1.63. The molecule has 0 spiro atoms. The highest BCUT2D eigenvalue weighted by molar-refractivity contribution is 6.30. The normalized spacial score (nSPS) is 16.7. The minimum Gasteiger partial charge on any atom is -0.456 e. The number of fused-ring (bicyclic) bond motifs is 10. The van der Waals surface area contributed by atoms with Crippen LogP contribution < -0.4 is 0 Å². The average Bonchev–Trinajstić information content (AvgIpc) is 3.34. The largest absolute Gasteiger partial charge is 0.456 e. The molecule has 0 atom stereocenters. The molecule has 7 rings (SSSR count). The molecule has 0 N–H and O–H groups in total. The van der Waals surface area contributed by atoms with E-state index in [1.54, 1.807) is 0 Å². The van der Waals surface area contributed by atoms with Crippen molar-refractivity contribution < 1.29 is 4.42 Å². The predicted octanol–water partition coefficient (Wildman–Crippen LogP) is 9.16. The number of rotatable bonds is 0. The summed E-state index contributed by atoms with van der Waals surface area (Å²) in [6.07, 6.45) is 0. The molecule has 2 aliphatic rings. The third kappa shape index (κ3) is 2.24. The van der Waals surface area contributed by atoms with Crippen molar-refractivity contribution >= 4 is 33.5 Å². The number of hydrogen-bond acceptors (Lipinski definition) is 1. The molecule has 0 aliphatic heterocycles. The van der Waals surface area contributed by atoms with Crippen molar-refractivity contribution in [1.29, 1.82) is 0 Å². The molecule has 2 heteroatoms. The van der Waals surface area contributed by atoms with E-state index < -0.39 is 0 Å². The lowest BCUT2D eigenvalue weighted by Gasteiger charge is -2.24. The van der Waals surface area contributed by atoms with Crippen LogP contribution in [0, 0.1) is 6.92 Å². The van der Waals surface area contributed by atoms with E-state index in [1.165, 1.54) is 60.8 Å². The van der Waals surface area contributed by atoms with E-state index in [-0.39, 0.29) is 10.8 Å². The Morgan fingerprint density at radius 1 is 0.697 bits per heavy atom. The topological polar surface area (TPSA) is 13.1 Å². The van der Waals surface area contributed by atoms with E-state index >= 15 is 0 Å². The molecule has 5 aromatic rings. The molecule has 1 nitrogen and oxygen atoms in total. The molecular formula is C31H25ClO. The summed E-state index contributed by atoms with van der Waals surface area (Å²) >= 11 is 6.42. The minimum atomic E-state index is -0.0975. The smallest absolute Gasteiger partial charge is 0.138 e. The predicted molar refractivity (Wildman–Crippen MR) is 139 cm³/mol. The molecule has 4 aromatic carbocycles. The SMILES string of the molecule is Cc1cc2c(c3c1oc1ccccc13)-c1cc3c(cc1C2(C)C)-c1ccc(Cl)cc1C3(C)C. The molecule has 0 bridgehead atoms. The lowest BCUT2D eigenvalue weighted by molar-refractivity contribution is 0.649. The molecule has 33 heavy (non-hydrogen) atoms. The van der Waals surface area contributed by atoms with Gasteiger partial charge in [0, 0.05) is 26.6 Å². The van der Waals surface area contributed by atoms with Gasteiger partial charge in [-0.2, -0.15) is 0 Å². The highest BCUT2D eigenvalue weighted by atomic mass is 35.5. The van der Waals surface area contributed by atoms with Gasteiger partial charge in [-0.05, 0) is 87.3 Å². The fraction of sp³-hybridized carbons (Fsp3) is 0.226. The zero-order valence-corrected chi connectivity index (χ0v) is 20.3. The fourth-order valence-corrected chi connectivity index (χ4v) is 6.63. The maximum Gasteiger partial charge on any atom is 0.138 e. The van der Waals surface area contributed by atoms with Gasteiger partial charge in [0.25, 0.3) is 0 Å². The lowest BCUT2D eigenvalue weighted by Crippen LogP contribution is -2.17. The zero-order valence-electron chi connectivity index (χ0n) is 19.6. The van der Waals surface area contributed by atoms with Gasteiger partial charge in [0.15, 0.2) is 0 Å². The Bertz CT molecular complexity index is 1680. The highest BCUT2D eigenvalue weighted by Gasteiger charge is 2.43. The molecule has 1 aromatic heterocycles. The molecule has 0 saturated carbocycles. The van der Waals surface area contributed by atoms with E-state index in [1.807, 2.05) is 6.07 Å². The van der Waals surface area contributed by atoms with E-state index in [0.717, 1.165) is 16.2 Å². The lowest BCUT2D eigenvalue weighted by atomic mass is 9.79. The van der Waals surface area contributed by atoms with Gasteiger partial charge >= 0.3 is 0 Å². The summed E-state index contributed by atoms with van der Waals surface area (Å²) in [5.41, 5.74) is 13.8. The van der Waals surface area contributed by atoms with Crippen molar-refractivity contribution in [3.05, 3.63) is 93.5 Å². The molecule has 0 amide bonds. The first-order valence-corrected chi connectivity index (χ1v) is 12.0. The molecule has 0 radical (unpaired) electrons. The van der Waals surface area contributed by atoms with E-state index in [2.05, 4.69) is 89.2 Å². The first kappa shape index (κ1) is 19.4. The Kier molecular flexibility index (Phi) is 3.48. The van der Waals surface area contributed by atoms with Crippen LogP contribution in [0.1, 0.15) is 55.5 Å². The van der Waals surface area contributed by atoms with Gasteiger partial charge in [-0.3, -0.25) is 0 Å². The zero-order chi connectivity index (χ0) is 22.9. The fourth-order valence-electron chi connectivity index (χ4n) is 6.46. The van der Waals surface area contributed by atoms with Crippen molar-refractivity contribution in [1.82, 2.24) is 0 Å². The average molecular weight is 449 g/mol. The Hall–Kier alpha value is -3.03. The molecule has 0 saturated heterocycles. The van der Waals surface area contributed by atoms with Crippen LogP contribution >= 0.6 is 11.6 Å². The number of halogens is 1. The van der Waals surface area contributed by atoms with E-state index in [4.69, 9.17) is 16.0 Å². The highest BCUT2D eigenvalue weighted by Crippen LogP contribution is 2.58. The number of para-hydroxylation sites is 1. The third-order valence-electron chi connectivity index (χ3n) is 8.23.